The fourth-order valence-corrected chi connectivity index (χ4v) is 0.353. The van der Waals surface area contributed by atoms with E-state index in [0.29, 0.717) is 6.29 Å². The molecule has 0 saturated heterocycles. The molecule has 0 heterocycles. The third kappa shape index (κ3) is 4.74. The van der Waals surface area contributed by atoms with Gasteiger partial charge in [-0.1, -0.05) is 6.08 Å². The van der Waals surface area contributed by atoms with Crippen LogP contribution in [0.4, 0.5) is 0 Å². The van der Waals surface area contributed by atoms with Crippen LogP contribution < -0.4 is 5.32 Å². The first-order chi connectivity index (χ1) is 4.31. The Labute approximate surface area is 53.7 Å². The number of carbonyl (C=O) groups is 2. The Kier molecular flexibility index (Phi) is 4.40. The van der Waals surface area contributed by atoms with Crippen molar-refractivity contribution in [1.82, 2.24) is 5.32 Å². The van der Waals surface area contributed by atoms with Crippen molar-refractivity contribution in [2.24, 2.45) is 0 Å². The van der Waals surface area contributed by atoms with Crippen molar-refractivity contribution >= 4 is 12.2 Å². The first kappa shape index (κ1) is 7.88. The maximum absolute atomic E-state index is 10.4. The maximum atomic E-state index is 10.4. The molecule has 0 aromatic rings. The molecular weight excluding hydrogens is 118 g/mol. The highest BCUT2D eigenvalue weighted by Gasteiger charge is 1.88. The molecule has 50 valence electrons. The fraction of sp³-hybridized carbons (Fsp3) is 0.333. The van der Waals surface area contributed by atoms with Crippen LogP contribution in [-0.4, -0.2) is 18.7 Å². The summed E-state index contributed by atoms with van der Waals surface area (Å²) in [6.45, 7) is 1.82. The van der Waals surface area contributed by atoms with Gasteiger partial charge in [0.25, 0.3) is 0 Å². The molecule has 0 radical (unpaired) electrons. The van der Waals surface area contributed by atoms with E-state index < -0.39 is 0 Å². The van der Waals surface area contributed by atoms with Gasteiger partial charge in [0.2, 0.25) is 5.91 Å². The lowest BCUT2D eigenvalue weighted by Gasteiger charge is -1.90. The Balaban J connectivity index is 3.38. The van der Waals surface area contributed by atoms with Gasteiger partial charge in [-0.25, -0.2) is 0 Å². The summed E-state index contributed by atoms with van der Waals surface area (Å²) in [5, 5.41) is 2.34. The average Bonchev–Trinajstić information content (AvgIpc) is 1.85. The number of nitrogens with one attached hydrogen (secondary N) is 1. The molecule has 0 rings (SSSR count). The maximum Gasteiger partial charge on any atom is 0.244 e. The second-order valence-electron chi connectivity index (χ2n) is 1.41. The van der Waals surface area contributed by atoms with Gasteiger partial charge in [0.15, 0.2) is 0 Å². The SMILES string of the molecule is C/C=C\C(=O)NCC=O. The molecular formula is C6H9NO2. The quantitative estimate of drug-likeness (QED) is 0.424. The minimum absolute atomic E-state index is 0.0865. The van der Waals surface area contributed by atoms with E-state index in [1.54, 1.807) is 13.0 Å². The Morgan fingerprint density at radius 1 is 1.67 bits per heavy atom. The Hall–Kier alpha value is -1.12. The smallest absolute Gasteiger partial charge is 0.244 e. The number of rotatable bonds is 3. The molecule has 3 heteroatoms. The summed E-state index contributed by atoms with van der Waals surface area (Å²) in [5.41, 5.74) is 0. The standard InChI is InChI=1S/C6H9NO2/c1-2-3-6(9)7-4-5-8/h2-3,5H,4H2,1H3,(H,7,9)/b3-2-. The van der Waals surface area contributed by atoms with Crippen LogP contribution in [0.1, 0.15) is 6.92 Å². The van der Waals surface area contributed by atoms with E-state index in [1.165, 1.54) is 6.08 Å². The highest BCUT2D eigenvalue weighted by molar-refractivity contribution is 5.88. The van der Waals surface area contributed by atoms with Gasteiger partial charge in [0.1, 0.15) is 6.29 Å². The summed E-state index contributed by atoms with van der Waals surface area (Å²) < 4.78 is 0. The van der Waals surface area contributed by atoms with E-state index in [9.17, 15) is 9.59 Å². The molecule has 1 N–H and O–H groups in total. The zero-order valence-electron chi connectivity index (χ0n) is 5.26. The average molecular weight is 127 g/mol. The lowest BCUT2D eigenvalue weighted by Crippen LogP contribution is -2.22. The Morgan fingerprint density at radius 2 is 2.33 bits per heavy atom. The molecule has 0 aliphatic rings. The Morgan fingerprint density at radius 3 is 2.78 bits per heavy atom. The number of hydrogen-bond acceptors (Lipinski definition) is 2. The minimum Gasteiger partial charge on any atom is -0.346 e. The monoisotopic (exact) mass is 127 g/mol. The lowest BCUT2D eigenvalue weighted by molar-refractivity contribution is -0.118. The summed E-state index contributed by atoms with van der Waals surface area (Å²) in [4.78, 5) is 20.1. The van der Waals surface area contributed by atoms with Gasteiger partial charge in [-0.05, 0) is 13.0 Å². The van der Waals surface area contributed by atoms with Crippen molar-refractivity contribution < 1.29 is 9.59 Å². The zero-order chi connectivity index (χ0) is 7.11. The van der Waals surface area contributed by atoms with Crippen molar-refractivity contribution in [2.75, 3.05) is 6.54 Å². The fourth-order valence-electron chi connectivity index (χ4n) is 0.353. The number of carbonyl (C=O) groups excluding carboxylic acids is 2. The van der Waals surface area contributed by atoms with Crippen LogP contribution in [-0.2, 0) is 9.59 Å². The van der Waals surface area contributed by atoms with E-state index in [0.717, 1.165) is 0 Å². The second-order valence-corrected chi connectivity index (χ2v) is 1.41. The minimum atomic E-state index is -0.232. The van der Waals surface area contributed by atoms with Gasteiger partial charge >= 0.3 is 0 Å². The number of aldehydes is 1. The van der Waals surface area contributed by atoms with Crippen LogP contribution in [0.15, 0.2) is 12.2 Å². The summed E-state index contributed by atoms with van der Waals surface area (Å²) in [7, 11) is 0. The second kappa shape index (κ2) is 5.03. The van der Waals surface area contributed by atoms with Crippen LogP contribution in [0.25, 0.3) is 0 Å². The highest BCUT2D eigenvalue weighted by atomic mass is 16.2. The molecule has 0 fully saturated rings. The predicted octanol–water partition coefficient (Wildman–Crippen LogP) is -0.122. The molecule has 9 heavy (non-hydrogen) atoms. The topological polar surface area (TPSA) is 46.2 Å². The van der Waals surface area contributed by atoms with Crippen LogP contribution >= 0.6 is 0 Å². The van der Waals surface area contributed by atoms with Crippen LogP contribution in [0, 0.1) is 0 Å². The normalized spacial score (nSPS) is 9.44. The first-order valence-corrected chi connectivity index (χ1v) is 2.65. The summed E-state index contributed by atoms with van der Waals surface area (Å²) in [5.74, 6) is -0.232. The Bertz CT molecular complexity index is 129. The van der Waals surface area contributed by atoms with Gasteiger partial charge in [0, 0.05) is 0 Å². The van der Waals surface area contributed by atoms with Gasteiger partial charge < -0.3 is 10.1 Å². The third-order valence-corrected chi connectivity index (χ3v) is 0.678. The number of allylic oxidation sites excluding steroid dienone is 1. The van der Waals surface area contributed by atoms with Gasteiger partial charge in [0.05, 0.1) is 6.54 Å². The molecule has 1 amide bonds. The van der Waals surface area contributed by atoms with Crippen molar-refractivity contribution in [2.45, 2.75) is 6.92 Å². The van der Waals surface area contributed by atoms with Crippen molar-refractivity contribution in [3.8, 4) is 0 Å². The van der Waals surface area contributed by atoms with Crippen LogP contribution in [0.3, 0.4) is 0 Å². The number of amides is 1. The molecule has 0 bridgehead atoms. The van der Waals surface area contributed by atoms with Crippen molar-refractivity contribution in [3.05, 3.63) is 12.2 Å². The molecule has 0 unspecified atom stereocenters. The number of hydrogen-bond donors (Lipinski definition) is 1. The van der Waals surface area contributed by atoms with E-state index in [4.69, 9.17) is 0 Å². The highest BCUT2D eigenvalue weighted by Crippen LogP contribution is 1.68. The predicted molar refractivity (Wildman–Crippen MR) is 33.9 cm³/mol. The molecule has 0 aliphatic heterocycles. The third-order valence-electron chi connectivity index (χ3n) is 0.678. The van der Waals surface area contributed by atoms with Crippen molar-refractivity contribution in [1.29, 1.82) is 0 Å². The summed E-state index contributed by atoms with van der Waals surface area (Å²) in [6.07, 6.45) is 3.62. The zero-order valence-corrected chi connectivity index (χ0v) is 5.26. The first-order valence-electron chi connectivity index (χ1n) is 2.65. The van der Waals surface area contributed by atoms with E-state index in [-0.39, 0.29) is 12.5 Å². The summed E-state index contributed by atoms with van der Waals surface area (Å²) in [6, 6.07) is 0. The van der Waals surface area contributed by atoms with E-state index in [2.05, 4.69) is 5.32 Å². The molecule has 0 aliphatic carbocycles. The van der Waals surface area contributed by atoms with Crippen LogP contribution in [0.5, 0.6) is 0 Å². The molecule has 0 atom stereocenters. The van der Waals surface area contributed by atoms with Gasteiger partial charge in [-0.2, -0.15) is 0 Å². The van der Waals surface area contributed by atoms with Gasteiger partial charge in [-0.15, -0.1) is 0 Å². The lowest BCUT2D eigenvalue weighted by atomic mass is 10.5. The van der Waals surface area contributed by atoms with Crippen molar-refractivity contribution in [3.63, 3.8) is 0 Å². The van der Waals surface area contributed by atoms with Gasteiger partial charge in [-0.3, -0.25) is 4.79 Å². The summed E-state index contributed by atoms with van der Waals surface area (Å²) >= 11 is 0. The largest absolute Gasteiger partial charge is 0.346 e. The molecule has 0 saturated carbocycles. The van der Waals surface area contributed by atoms with Crippen LogP contribution in [0.2, 0.25) is 0 Å². The molecule has 0 aromatic carbocycles. The van der Waals surface area contributed by atoms with E-state index >= 15 is 0 Å². The molecule has 3 nitrogen and oxygen atoms in total. The molecule has 0 aromatic heterocycles. The van der Waals surface area contributed by atoms with E-state index in [1.807, 2.05) is 0 Å². The molecule has 0 spiro atoms.